The molecule has 0 bridgehead atoms. The van der Waals surface area contributed by atoms with Gasteiger partial charge in [0, 0.05) is 0 Å². The summed E-state index contributed by atoms with van der Waals surface area (Å²) in [4.78, 5) is 0. The normalized spacial score (nSPS) is 6.38. The molecule has 3 N–H and O–H groups in total. The Balaban J connectivity index is 0. The van der Waals surface area contributed by atoms with Gasteiger partial charge in [0.25, 0.3) is 0 Å². The molecular weight excluding hydrogens is 280 g/mol. The van der Waals surface area contributed by atoms with Crippen molar-refractivity contribution >= 4 is 0 Å². The second-order valence-corrected chi connectivity index (χ2v) is 3.08. The van der Waals surface area contributed by atoms with E-state index in [9.17, 15) is 0 Å². The Kier molecular flexibility index (Phi) is 11.5. The summed E-state index contributed by atoms with van der Waals surface area (Å²) in [6, 6.07) is 0. The van der Waals surface area contributed by atoms with Crippen molar-refractivity contribution in [1.82, 2.24) is 0 Å². The van der Waals surface area contributed by atoms with E-state index in [1.165, 1.54) is 0 Å². The average Bonchev–Trinajstić information content (AvgIpc) is 1.25. The molecule has 0 aromatic heterocycles. The number of rotatable bonds is 0. The molecule has 0 aliphatic rings. The molecule has 0 fully saturated rings. The van der Waals surface area contributed by atoms with Gasteiger partial charge in [-0.2, -0.15) is 0 Å². The molecule has 0 aliphatic heterocycles. The summed E-state index contributed by atoms with van der Waals surface area (Å²) < 4.78 is 47.9. The third-order valence-electron chi connectivity index (χ3n) is 0. The van der Waals surface area contributed by atoms with Crippen molar-refractivity contribution in [3.63, 3.8) is 0 Å². The van der Waals surface area contributed by atoms with Crippen molar-refractivity contribution in [2.45, 2.75) is 0 Å². The van der Waals surface area contributed by atoms with E-state index in [-0.39, 0.29) is 0 Å². The quantitative estimate of drug-likeness (QED) is 0.442. The van der Waals surface area contributed by atoms with Gasteiger partial charge >= 0.3 is 60.7 Å². The summed E-state index contributed by atoms with van der Waals surface area (Å²) in [6.07, 6.45) is 0. The maximum absolute atomic E-state index is 8.84. The summed E-state index contributed by atoms with van der Waals surface area (Å²) in [5, 5.41) is 0. The molecule has 48 valence electrons. The summed E-state index contributed by atoms with van der Waals surface area (Å²) >= 11 is -7.74. The van der Waals surface area contributed by atoms with E-state index in [0.717, 1.165) is 0 Å². The van der Waals surface area contributed by atoms with Crippen LogP contribution >= 0.6 is 0 Å². The van der Waals surface area contributed by atoms with Crippen LogP contribution in [0.1, 0.15) is 0 Å². The van der Waals surface area contributed by atoms with Gasteiger partial charge in [-0.1, -0.05) is 0 Å². The van der Waals surface area contributed by atoms with Gasteiger partial charge in [-0.3, -0.25) is 0 Å². The molecule has 0 aromatic carbocycles. The van der Waals surface area contributed by atoms with Crippen LogP contribution in [0.15, 0.2) is 0 Å². The molecule has 0 unspecified atom stereocenters. The molecule has 8 heavy (non-hydrogen) atoms. The molecular formula is H3NbO6Zr. The first kappa shape index (κ1) is 11.7. The fourth-order valence-corrected chi connectivity index (χ4v) is 0. The minimum absolute atomic E-state index is 3.79. The van der Waals surface area contributed by atoms with Gasteiger partial charge in [0.05, 0.1) is 0 Å². The van der Waals surface area contributed by atoms with E-state index in [1.54, 1.807) is 0 Å². The van der Waals surface area contributed by atoms with Gasteiger partial charge in [0.15, 0.2) is 0 Å². The van der Waals surface area contributed by atoms with Crippen LogP contribution in [0.2, 0.25) is 0 Å². The van der Waals surface area contributed by atoms with Crippen LogP contribution in [0, 0.1) is 0 Å². The first-order chi connectivity index (χ1) is 3.46. The van der Waals surface area contributed by atoms with E-state index >= 15 is 0 Å². The van der Waals surface area contributed by atoms with Gasteiger partial charge in [0.1, 0.15) is 0 Å². The predicted octanol–water partition coefficient (Wildman–Crippen LogP) is -2.03. The average molecular weight is 283 g/mol. The number of hydrogen-bond acceptors (Lipinski definition) is 3. The monoisotopic (exact) mass is 282 g/mol. The van der Waals surface area contributed by atoms with Crippen molar-refractivity contribution in [2.24, 2.45) is 0 Å². The van der Waals surface area contributed by atoms with Crippen molar-refractivity contribution in [2.75, 3.05) is 0 Å². The first-order valence-electron chi connectivity index (χ1n) is 1.22. The molecule has 0 saturated carbocycles. The predicted molar refractivity (Wildman–Crippen MR) is 8.72 cm³/mol. The van der Waals surface area contributed by atoms with E-state index in [0.29, 0.717) is 0 Å². The van der Waals surface area contributed by atoms with E-state index < -0.39 is 41.4 Å². The Bertz CT molecular complexity index is 110. The SMILES string of the molecule is [O]=[Nb](=[O])[OH].[O]=[Zr]([OH])[OH]. The van der Waals surface area contributed by atoms with Gasteiger partial charge in [-0.05, 0) is 0 Å². The van der Waals surface area contributed by atoms with Crippen LogP contribution in [-0.2, 0) is 50.7 Å². The molecule has 0 heterocycles. The molecule has 0 aliphatic carbocycles. The second-order valence-electron chi connectivity index (χ2n) is 0.520. The van der Waals surface area contributed by atoms with Crippen molar-refractivity contribution in [3.8, 4) is 0 Å². The second kappa shape index (κ2) is 7.90. The zero-order valence-electron chi connectivity index (χ0n) is 3.51. The number of hydrogen-bond donors (Lipinski definition) is 3. The molecule has 0 atom stereocenters. The zero-order chi connectivity index (χ0) is 7.15. The molecule has 6 nitrogen and oxygen atoms in total. The molecule has 0 amide bonds. The maximum atomic E-state index is 8.84. The summed E-state index contributed by atoms with van der Waals surface area (Å²) in [6.45, 7) is 0. The van der Waals surface area contributed by atoms with E-state index in [2.05, 4.69) is 0 Å². The molecule has 0 radical (unpaired) electrons. The van der Waals surface area contributed by atoms with Crippen LogP contribution in [-0.4, -0.2) is 9.98 Å². The molecule has 0 saturated heterocycles. The third kappa shape index (κ3) is 295. The van der Waals surface area contributed by atoms with E-state index in [1.807, 2.05) is 0 Å². The molecule has 0 spiro atoms. The van der Waals surface area contributed by atoms with Crippen LogP contribution in [0.5, 0.6) is 0 Å². The Morgan fingerprint density at radius 2 is 1.25 bits per heavy atom. The van der Waals surface area contributed by atoms with Gasteiger partial charge in [-0.15, -0.1) is 0 Å². The van der Waals surface area contributed by atoms with Crippen LogP contribution in [0.3, 0.4) is 0 Å². The van der Waals surface area contributed by atoms with Crippen molar-refractivity contribution in [3.05, 3.63) is 0 Å². The van der Waals surface area contributed by atoms with Gasteiger partial charge < -0.3 is 0 Å². The van der Waals surface area contributed by atoms with Crippen molar-refractivity contribution in [1.29, 1.82) is 0 Å². The molecule has 8 heteroatoms. The summed E-state index contributed by atoms with van der Waals surface area (Å²) in [7, 11) is 0. The standard InChI is InChI=1S/Nb.3H2O.3O.Zr/h;3*1H2;;;;/q+1;;;;;;;+2/p-3. The van der Waals surface area contributed by atoms with Crippen LogP contribution in [0.4, 0.5) is 0 Å². The van der Waals surface area contributed by atoms with Gasteiger partial charge in [0.2, 0.25) is 0 Å². The van der Waals surface area contributed by atoms with Crippen LogP contribution < -0.4 is 0 Å². The summed E-state index contributed by atoms with van der Waals surface area (Å²) in [5.74, 6) is 0. The zero-order valence-corrected chi connectivity index (χ0v) is 8.17. The Morgan fingerprint density at radius 3 is 1.25 bits per heavy atom. The van der Waals surface area contributed by atoms with Crippen LogP contribution in [0.25, 0.3) is 0 Å². The molecule has 0 aromatic rings. The third-order valence-corrected chi connectivity index (χ3v) is 0. The van der Waals surface area contributed by atoms with Crippen molar-refractivity contribution < 1.29 is 60.7 Å². The van der Waals surface area contributed by atoms with Gasteiger partial charge in [-0.25, -0.2) is 0 Å². The molecule has 0 rings (SSSR count). The Hall–Kier alpha value is 0.903. The fraction of sp³-hybridized carbons (Fsp3) is 0. The minimum atomic E-state index is -3.95. The topological polar surface area (TPSA) is 112 Å². The Labute approximate surface area is 60.4 Å². The van der Waals surface area contributed by atoms with E-state index in [4.69, 9.17) is 19.3 Å². The Morgan fingerprint density at radius 1 is 1.25 bits per heavy atom. The fourth-order valence-electron chi connectivity index (χ4n) is 0. The summed E-state index contributed by atoms with van der Waals surface area (Å²) in [5.41, 5.74) is 0. The first-order valence-corrected chi connectivity index (χ1v) is 7.20.